The molecule has 122 heavy (non-hydrogen) atoms. The van der Waals surface area contributed by atoms with Crippen LogP contribution in [0.3, 0.4) is 0 Å². The van der Waals surface area contributed by atoms with E-state index in [0.717, 1.165) is 38.8 Å². The zero-order valence-corrected chi connectivity index (χ0v) is 74.0. The number of aliphatic carboxylic acids is 2. The van der Waals surface area contributed by atoms with Crippen molar-refractivity contribution in [3.8, 4) is 0 Å². The van der Waals surface area contributed by atoms with Crippen molar-refractivity contribution in [2.45, 2.75) is 192 Å². The third-order valence-corrected chi connectivity index (χ3v) is 28.1. The first kappa shape index (κ1) is 97.0. The topological polar surface area (TPSA) is 527 Å². The summed E-state index contributed by atoms with van der Waals surface area (Å²) >= 11 is 18.9. The van der Waals surface area contributed by atoms with Crippen LogP contribution in [-0.2, 0) is 108 Å². The minimum Gasteiger partial charge on any atom is -0.748 e. The van der Waals surface area contributed by atoms with Crippen LogP contribution in [-0.4, -0.2) is 201 Å². The summed E-state index contributed by atoms with van der Waals surface area (Å²) in [6.07, 6.45) is 10.4. The van der Waals surface area contributed by atoms with Crippen molar-refractivity contribution in [3.05, 3.63) is 174 Å². The lowest BCUT2D eigenvalue weighted by Gasteiger charge is -2.28. The van der Waals surface area contributed by atoms with E-state index < -0.39 is 168 Å². The summed E-state index contributed by atoms with van der Waals surface area (Å²) in [7, 11) is -22.6. The van der Waals surface area contributed by atoms with Gasteiger partial charge in [-0.1, -0.05) is 91.1 Å². The Morgan fingerprint density at radius 1 is 0.680 bits per heavy atom. The van der Waals surface area contributed by atoms with Crippen molar-refractivity contribution in [1.82, 2.24) is 31.5 Å². The van der Waals surface area contributed by atoms with E-state index >= 15 is 0 Å². The van der Waals surface area contributed by atoms with Crippen LogP contribution in [0.15, 0.2) is 140 Å². The molecule has 1 saturated heterocycles. The van der Waals surface area contributed by atoms with Crippen LogP contribution in [0, 0.1) is 0 Å². The van der Waals surface area contributed by atoms with Gasteiger partial charge >= 0.3 is 11.9 Å². The van der Waals surface area contributed by atoms with Gasteiger partial charge in [0, 0.05) is 102 Å². The van der Waals surface area contributed by atoms with Crippen LogP contribution >= 0.6 is 46.1 Å². The Morgan fingerprint density at radius 2 is 1.36 bits per heavy atom. The molecule has 3 aliphatic heterocycles. The van der Waals surface area contributed by atoms with Gasteiger partial charge in [-0.15, -0.1) is 11.3 Å². The number of benzene rings is 4. The molecule has 5 aromatic rings. The highest BCUT2D eigenvalue weighted by Crippen LogP contribution is 2.50. The summed E-state index contributed by atoms with van der Waals surface area (Å²) in [5, 5.41) is 38.4. The van der Waals surface area contributed by atoms with Crippen molar-refractivity contribution in [1.29, 1.82) is 0 Å². The van der Waals surface area contributed by atoms with Crippen LogP contribution < -0.4 is 36.6 Å². The molecule has 4 aromatic carbocycles. The molecule has 0 bridgehead atoms. The predicted octanol–water partition coefficient (Wildman–Crippen LogP) is 8.70. The van der Waals surface area contributed by atoms with Crippen LogP contribution in [0.2, 0.25) is 14.4 Å². The van der Waals surface area contributed by atoms with Gasteiger partial charge in [-0.3, -0.25) is 42.4 Å². The Bertz CT molecular complexity index is 5690. The number of unbranched alkanes of at least 4 members (excludes halogenated alkanes) is 4. The fraction of sp³-hybridized carbons (Fsp3) is 0.438. The molecule has 1 aliphatic carbocycles. The second kappa shape index (κ2) is 40.9. The number of likely N-dealkylation sites (tertiary alicyclic amines) is 1. The van der Waals surface area contributed by atoms with E-state index in [9.17, 15) is 109 Å². The smallest absolute Gasteiger partial charge is 0.326 e. The number of aryl methyl sites for hydroxylation is 1. The molecule has 0 saturated carbocycles. The van der Waals surface area contributed by atoms with Gasteiger partial charge in [0.2, 0.25) is 45.2 Å². The van der Waals surface area contributed by atoms with E-state index in [2.05, 4.69) is 32.7 Å². The number of nitrogens with one attached hydrogen (secondary N) is 5. The molecule has 1 aromatic heterocycles. The molecule has 0 radical (unpaired) electrons. The van der Waals surface area contributed by atoms with Crippen LogP contribution in [0.5, 0.6) is 0 Å². The fourth-order valence-electron chi connectivity index (χ4n) is 15.5. The Balaban J connectivity index is 0.819. The number of carboxylic acid groups (broad SMARTS) is 2. The molecule has 33 nitrogen and oxygen atoms in total. The molecule has 9 rings (SSSR count). The van der Waals surface area contributed by atoms with Gasteiger partial charge in [0.25, 0.3) is 36.3 Å². The zero-order valence-electron chi connectivity index (χ0n) is 66.9. The molecule has 662 valence electrons. The largest absolute Gasteiger partial charge is 0.748 e. The third-order valence-electron chi connectivity index (χ3n) is 21.4. The van der Waals surface area contributed by atoms with Gasteiger partial charge in [0.1, 0.15) is 28.9 Å². The van der Waals surface area contributed by atoms with Crippen molar-refractivity contribution in [3.63, 3.8) is 0 Å². The molecule has 12 N–H and O–H groups in total. The second-order valence-corrected chi connectivity index (χ2v) is 41.4. The molecule has 6 amide bonds. The number of hydrogen-bond donors (Lipinski definition) is 11. The summed E-state index contributed by atoms with van der Waals surface area (Å²) in [5.41, 5.74) is 6.34. The number of halogens is 3. The Labute approximate surface area is 726 Å². The second-order valence-electron chi connectivity index (χ2n) is 31.1. The molecule has 1 fully saturated rings. The zero-order chi connectivity index (χ0) is 89.8. The minimum absolute atomic E-state index is 0.0425. The number of carbonyl (C=O) groups excluding carboxylic acids is 6. The van der Waals surface area contributed by atoms with Gasteiger partial charge in [0.15, 0.2) is 5.71 Å². The van der Waals surface area contributed by atoms with E-state index in [0.29, 0.717) is 101 Å². The molecule has 4 aliphatic rings. The summed E-state index contributed by atoms with van der Waals surface area (Å²) in [6.45, 7) is 7.44. The number of nitrogens with two attached hydrogens (primary N) is 1. The monoisotopic (exact) mass is 1860 g/mol. The lowest BCUT2D eigenvalue weighted by molar-refractivity contribution is -0.438. The molecular formula is C80H96Cl3N9O24S6. The van der Waals surface area contributed by atoms with Crippen molar-refractivity contribution >= 4 is 167 Å². The number of rotatable bonds is 41. The Morgan fingerprint density at radius 3 is 2.02 bits per heavy atom. The number of carbonyl (C=O) groups is 8. The van der Waals surface area contributed by atoms with E-state index in [1.165, 1.54) is 42.5 Å². The Hall–Kier alpha value is -8.81. The highest BCUT2D eigenvalue weighted by atomic mass is 35.5. The molecule has 4 atom stereocenters. The third kappa shape index (κ3) is 26.2. The van der Waals surface area contributed by atoms with Gasteiger partial charge < -0.3 is 51.1 Å². The van der Waals surface area contributed by atoms with Crippen molar-refractivity contribution < 1.29 is 113 Å². The average molecular weight is 1870 g/mol. The normalized spacial score (nSPS) is 17.8. The average Bonchev–Trinajstić information content (AvgIpc) is 1.59. The number of sulfonamides is 1. The molecule has 4 heterocycles. The van der Waals surface area contributed by atoms with E-state index in [1.54, 1.807) is 12.1 Å². The number of amides is 6. The maximum absolute atomic E-state index is 14.0. The van der Waals surface area contributed by atoms with Gasteiger partial charge in [0.05, 0.1) is 53.8 Å². The number of thiophene rings is 1. The highest BCUT2D eigenvalue weighted by Gasteiger charge is 2.47. The maximum atomic E-state index is 14.0. The summed E-state index contributed by atoms with van der Waals surface area (Å²) < 4.78 is 165. The van der Waals surface area contributed by atoms with Crippen molar-refractivity contribution in [2.24, 2.45) is 5.14 Å². The molecular weight excluding hydrogens is 1770 g/mol. The van der Waals surface area contributed by atoms with Gasteiger partial charge in [-0.2, -0.15) is 29.8 Å². The van der Waals surface area contributed by atoms with Gasteiger partial charge in [-0.05, 0) is 191 Å². The molecule has 42 heteroatoms. The van der Waals surface area contributed by atoms with E-state index in [-0.39, 0.29) is 109 Å². The summed E-state index contributed by atoms with van der Waals surface area (Å²) in [6, 6.07) is 16.3. The SMILES string of the molecule is CC1(C)C(/C=C/C2=C(c3cccc(CCCCC(=O)NCCCC[C@H](NC(=O)C[C@H](NC(=O)CCNC(=O)[C@@H]4C[C@@H](NC(=O)Cc5ccc(Cl)cc5Cl)CN4C(=O)c4cc(Cl)sc4S(N)(=O)=O)C(=O)O)C(=O)O)c3)C(=C/C=C3/N(CCCCS(=O)(=O)[O-])c4ccc(S(=O)(=O)O)cc4C3(C)C)/CCC2)=[N+](CCCCS(=O)(=O)O)c2ccc(S(=O)(=O)O)cc21. The number of fused-ring (bicyclic) bond motifs is 2. The fourth-order valence-corrected chi connectivity index (χ4v) is 20.4. The number of nitrogens with zero attached hydrogens (tertiary/aromatic N) is 3. The first-order valence-electron chi connectivity index (χ1n) is 38.9. The summed E-state index contributed by atoms with van der Waals surface area (Å²) in [5.74, 6) is -8.87. The quantitative estimate of drug-likeness (QED) is 0.00989. The standard InChI is InChI=1S/C80H96Cl3N9O24S6/c1-79(2)58-43-55(121(111,112)113)26-28-63(58)90(35-9-11-37-118(103,104)105)66(79)30-23-49-17-14-18-50(24-31-67-80(3,4)59-44-56(122(114,115)116)27-29-64(59)91(67)36-10-12-38-119(106,107)108)73(49)52-19-13-16-48(39-52)15-5-6-21-69(93)85-33-8-7-20-61(76(99)100)88-72(96)46-62(77(101)102)89-70(94)32-34-86-74(97)65-42-54(87-71(95)40-51-22-25-53(81)41-60(51)82)47-92(65)75(98)57-45-68(83)117-78(57)120(84,109)110/h13,16,19,22-31,39,41,43-45,54,61-62,65H,5-12,14-15,17-18,20-21,32-38,40,42,46-47H2,1-4H3,(H12-,84,85,86,87,88,89,93,94,95,96,97,99,100,101,102,103,104,105,106,107,108,109,110,111,112,113,114,115,116)/t54-,61+,62+,65+/m1/s1. The highest BCUT2D eigenvalue weighted by molar-refractivity contribution is 7.91. The van der Waals surface area contributed by atoms with Gasteiger partial charge in [-0.25, -0.2) is 31.6 Å². The number of anilines is 1. The Kier molecular flexibility index (Phi) is 32.5. The predicted molar refractivity (Wildman–Crippen MR) is 456 cm³/mol. The van der Waals surface area contributed by atoms with Crippen molar-refractivity contribution in [2.75, 3.05) is 49.1 Å². The number of primary sulfonamides is 1. The lowest BCUT2D eigenvalue weighted by Crippen LogP contribution is -2.48. The first-order valence-corrected chi connectivity index (χ1v) is 48.5. The van der Waals surface area contributed by atoms with Crippen LogP contribution in [0.1, 0.15) is 169 Å². The van der Waals surface area contributed by atoms with E-state index in [1.807, 2.05) is 79.7 Å². The molecule has 0 spiro atoms. The number of allylic oxidation sites excluding steroid dienone is 8. The maximum Gasteiger partial charge on any atom is 0.326 e. The van der Waals surface area contributed by atoms with E-state index in [4.69, 9.17) is 39.9 Å². The number of hydrogen-bond acceptors (Lipinski definition) is 21. The summed E-state index contributed by atoms with van der Waals surface area (Å²) in [4.78, 5) is 108. The lowest BCUT2D eigenvalue weighted by atomic mass is 9.79. The number of carboxylic acids is 2. The van der Waals surface area contributed by atoms with Crippen LogP contribution in [0.25, 0.3) is 5.57 Å². The minimum atomic E-state index is -4.64. The molecule has 0 unspecified atom stereocenters. The first-order chi connectivity index (χ1) is 57.0. The van der Waals surface area contributed by atoms with Crippen LogP contribution in [0.4, 0.5) is 11.4 Å².